The minimum atomic E-state index is 0.0554. The van der Waals surface area contributed by atoms with E-state index in [4.69, 9.17) is 0 Å². The molecule has 0 aliphatic carbocycles. The number of nitrogens with zero attached hydrogens (tertiary/aromatic N) is 1. The molecular weight excluding hydrogens is 356 g/mol. The third-order valence-electron chi connectivity index (χ3n) is 4.12. The fourth-order valence-corrected chi connectivity index (χ4v) is 3.60. The van der Waals surface area contributed by atoms with Gasteiger partial charge in [0.25, 0.3) is 0 Å². The van der Waals surface area contributed by atoms with Crippen LogP contribution in [0.25, 0.3) is 0 Å². The van der Waals surface area contributed by atoms with Gasteiger partial charge in [0.05, 0.1) is 0 Å². The summed E-state index contributed by atoms with van der Waals surface area (Å²) in [5.41, 5.74) is 1.93. The van der Waals surface area contributed by atoms with Crippen molar-refractivity contribution in [1.82, 2.24) is 10.6 Å². The number of carbonyl (C=O) groups is 1. The fraction of sp³-hybridized carbons (Fsp3) is 0.429. The Morgan fingerprint density at radius 3 is 2.78 bits per heavy atom. The predicted molar refractivity (Wildman–Crippen MR) is 115 cm³/mol. The Morgan fingerprint density at radius 1 is 1.22 bits per heavy atom. The highest BCUT2D eigenvalue weighted by Crippen LogP contribution is 2.14. The molecule has 0 aliphatic heterocycles. The molecule has 1 unspecified atom stereocenters. The lowest BCUT2D eigenvalue weighted by Crippen LogP contribution is -2.39. The number of guanidine groups is 1. The monoisotopic (exact) mass is 386 g/mol. The molecule has 0 saturated carbocycles. The Morgan fingerprint density at radius 2 is 2.07 bits per heavy atom. The number of hydrogen-bond donors (Lipinski definition) is 3. The predicted octanol–water partition coefficient (Wildman–Crippen LogP) is 4.03. The van der Waals surface area contributed by atoms with Crippen molar-refractivity contribution in [1.29, 1.82) is 0 Å². The molecule has 1 amide bonds. The van der Waals surface area contributed by atoms with Gasteiger partial charge in [-0.3, -0.25) is 9.79 Å². The molecule has 2 aromatic rings. The van der Waals surface area contributed by atoms with Gasteiger partial charge < -0.3 is 16.0 Å². The zero-order chi connectivity index (χ0) is 19.5. The molecule has 0 fully saturated rings. The molecule has 1 atom stereocenters. The van der Waals surface area contributed by atoms with Gasteiger partial charge in [-0.25, -0.2) is 0 Å². The Kier molecular flexibility index (Phi) is 8.84. The van der Waals surface area contributed by atoms with Gasteiger partial charge in [-0.1, -0.05) is 32.0 Å². The molecule has 6 heteroatoms. The third-order valence-corrected chi connectivity index (χ3v) is 5.02. The maximum absolute atomic E-state index is 11.7. The van der Waals surface area contributed by atoms with E-state index in [1.807, 2.05) is 31.2 Å². The molecule has 5 nitrogen and oxygen atoms in total. The maximum atomic E-state index is 11.7. The van der Waals surface area contributed by atoms with Gasteiger partial charge in [0.15, 0.2) is 5.96 Å². The normalized spacial score (nSPS) is 12.5. The summed E-state index contributed by atoms with van der Waals surface area (Å²) < 4.78 is 0. The minimum absolute atomic E-state index is 0.0554. The number of thiophene rings is 1. The van der Waals surface area contributed by atoms with Crippen molar-refractivity contribution in [3.05, 3.63) is 52.2 Å². The van der Waals surface area contributed by atoms with Gasteiger partial charge in [-0.2, -0.15) is 0 Å². The molecular formula is C21H30N4OS. The van der Waals surface area contributed by atoms with Gasteiger partial charge >= 0.3 is 0 Å². The lowest BCUT2D eigenvalue weighted by molar-refractivity contribution is -0.116. The number of benzene rings is 1. The van der Waals surface area contributed by atoms with Crippen LogP contribution < -0.4 is 16.0 Å². The summed E-state index contributed by atoms with van der Waals surface area (Å²) in [6, 6.07) is 12.2. The van der Waals surface area contributed by atoms with Crippen molar-refractivity contribution in [3.63, 3.8) is 0 Å². The van der Waals surface area contributed by atoms with Gasteiger partial charge in [-0.15, -0.1) is 11.3 Å². The van der Waals surface area contributed by atoms with Gasteiger partial charge in [-0.05, 0) is 47.9 Å². The fourth-order valence-electron chi connectivity index (χ4n) is 2.73. The second-order valence-electron chi connectivity index (χ2n) is 6.69. The first-order valence-electron chi connectivity index (χ1n) is 9.46. The Balaban J connectivity index is 1.78. The number of amides is 1. The van der Waals surface area contributed by atoms with E-state index in [1.165, 1.54) is 4.88 Å². The van der Waals surface area contributed by atoms with E-state index in [2.05, 4.69) is 45.4 Å². The summed E-state index contributed by atoms with van der Waals surface area (Å²) in [6.45, 7) is 5.75. The second kappa shape index (κ2) is 11.4. The number of rotatable bonds is 9. The smallest absolute Gasteiger partial charge is 0.224 e. The average Bonchev–Trinajstić information content (AvgIpc) is 3.15. The first kappa shape index (κ1) is 21.0. The lowest BCUT2D eigenvalue weighted by Gasteiger charge is -2.16. The second-order valence-corrected chi connectivity index (χ2v) is 7.73. The third kappa shape index (κ3) is 7.83. The van der Waals surface area contributed by atoms with Crippen molar-refractivity contribution < 1.29 is 4.79 Å². The Bertz CT molecular complexity index is 728. The van der Waals surface area contributed by atoms with Crippen LogP contribution in [0.4, 0.5) is 5.69 Å². The van der Waals surface area contributed by atoms with Crippen LogP contribution in [0.1, 0.15) is 37.1 Å². The highest BCUT2D eigenvalue weighted by molar-refractivity contribution is 7.09. The van der Waals surface area contributed by atoms with Crippen molar-refractivity contribution in [2.45, 2.75) is 39.7 Å². The number of anilines is 1. The molecule has 1 aromatic carbocycles. The molecule has 1 aromatic heterocycles. The summed E-state index contributed by atoms with van der Waals surface area (Å²) >= 11 is 1.80. The van der Waals surface area contributed by atoms with Crippen molar-refractivity contribution >= 4 is 28.9 Å². The van der Waals surface area contributed by atoms with E-state index in [-0.39, 0.29) is 5.91 Å². The summed E-state index contributed by atoms with van der Waals surface area (Å²) in [4.78, 5) is 17.4. The Hall–Kier alpha value is -2.34. The number of nitrogens with one attached hydrogen (secondary N) is 3. The maximum Gasteiger partial charge on any atom is 0.224 e. The molecule has 0 spiro atoms. The Labute approximate surface area is 166 Å². The summed E-state index contributed by atoms with van der Waals surface area (Å²) in [7, 11) is 1.78. The molecule has 0 saturated heterocycles. The number of carbonyl (C=O) groups excluding carboxylic acids is 1. The topological polar surface area (TPSA) is 65.5 Å². The van der Waals surface area contributed by atoms with Crippen LogP contribution in [0.3, 0.4) is 0 Å². The molecule has 0 radical (unpaired) electrons. The van der Waals surface area contributed by atoms with Crippen molar-refractivity contribution in [2.75, 3.05) is 18.9 Å². The van der Waals surface area contributed by atoms with Gasteiger partial charge in [0.1, 0.15) is 0 Å². The SMILES string of the molecule is CCCC(=O)Nc1cccc(CNC(=NC)NCC(C)Cc2cccs2)c1. The highest BCUT2D eigenvalue weighted by Gasteiger charge is 2.07. The lowest BCUT2D eigenvalue weighted by atomic mass is 10.1. The highest BCUT2D eigenvalue weighted by atomic mass is 32.1. The van der Waals surface area contributed by atoms with Crippen LogP contribution in [0.5, 0.6) is 0 Å². The van der Waals surface area contributed by atoms with Crippen LogP contribution in [0.2, 0.25) is 0 Å². The molecule has 3 N–H and O–H groups in total. The molecule has 0 aliphatic rings. The zero-order valence-corrected chi connectivity index (χ0v) is 17.2. The first-order chi connectivity index (χ1) is 13.1. The molecule has 1 heterocycles. The van der Waals surface area contributed by atoms with E-state index >= 15 is 0 Å². The van der Waals surface area contributed by atoms with E-state index < -0.39 is 0 Å². The number of aliphatic imine (C=N–C) groups is 1. The van der Waals surface area contributed by atoms with E-state index in [1.54, 1.807) is 18.4 Å². The molecule has 0 bridgehead atoms. The van der Waals surface area contributed by atoms with Crippen LogP contribution in [0, 0.1) is 5.92 Å². The van der Waals surface area contributed by atoms with Crippen LogP contribution in [-0.2, 0) is 17.8 Å². The molecule has 2 rings (SSSR count). The van der Waals surface area contributed by atoms with E-state index in [9.17, 15) is 4.79 Å². The van der Waals surface area contributed by atoms with E-state index in [0.29, 0.717) is 18.9 Å². The van der Waals surface area contributed by atoms with Gasteiger partial charge in [0, 0.05) is 37.1 Å². The van der Waals surface area contributed by atoms with Crippen LogP contribution >= 0.6 is 11.3 Å². The van der Waals surface area contributed by atoms with E-state index in [0.717, 1.165) is 36.6 Å². The zero-order valence-electron chi connectivity index (χ0n) is 16.4. The largest absolute Gasteiger partial charge is 0.356 e. The summed E-state index contributed by atoms with van der Waals surface area (Å²) in [5.74, 6) is 1.37. The number of hydrogen-bond acceptors (Lipinski definition) is 3. The first-order valence-corrected chi connectivity index (χ1v) is 10.3. The average molecular weight is 387 g/mol. The van der Waals surface area contributed by atoms with Crippen LogP contribution in [-0.4, -0.2) is 25.5 Å². The van der Waals surface area contributed by atoms with Crippen molar-refractivity contribution in [3.8, 4) is 0 Å². The van der Waals surface area contributed by atoms with Crippen LogP contribution in [0.15, 0.2) is 46.8 Å². The molecule has 146 valence electrons. The summed E-state index contributed by atoms with van der Waals surface area (Å²) in [5, 5.41) is 11.8. The molecule has 27 heavy (non-hydrogen) atoms. The van der Waals surface area contributed by atoms with Crippen molar-refractivity contribution in [2.24, 2.45) is 10.9 Å². The quantitative estimate of drug-likeness (QED) is 0.450. The standard InChI is InChI=1S/C21H30N4OS/c1-4-7-20(26)25-18-9-5-8-17(13-18)15-24-21(22-3)23-14-16(2)12-19-10-6-11-27-19/h5-6,8-11,13,16H,4,7,12,14-15H2,1-3H3,(H,25,26)(H2,22,23,24). The van der Waals surface area contributed by atoms with Gasteiger partial charge in [0.2, 0.25) is 5.91 Å². The minimum Gasteiger partial charge on any atom is -0.356 e. The summed E-state index contributed by atoms with van der Waals surface area (Å²) in [6.07, 6.45) is 2.46.